The van der Waals surface area contributed by atoms with Crippen LogP contribution in [0.15, 0.2) is 23.1 Å². The third-order valence-electron chi connectivity index (χ3n) is 2.17. The Morgan fingerprint density at radius 1 is 1.33 bits per heavy atom. The Morgan fingerprint density at radius 2 is 1.93 bits per heavy atom. The van der Waals surface area contributed by atoms with Crippen molar-refractivity contribution >= 4 is 15.5 Å². The van der Waals surface area contributed by atoms with Crippen LogP contribution in [0.25, 0.3) is 0 Å². The first-order chi connectivity index (χ1) is 6.80. The molecule has 0 aliphatic rings. The molecule has 4 heteroatoms. The monoisotopic (exact) mass is 227 g/mol. The second kappa shape index (κ2) is 4.23. The summed E-state index contributed by atoms with van der Waals surface area (Å²) in [5.74, 6) is 0.460. The van der Waals surface area contributed by atoms with Crippen molar-refractivity contribution in [1.29, 1.82) is 0 Å². The summed E-state index contributed by atoms with van der Waals surface area (Å²) in [4.78, 5) is 0.340. The van der Waals surface area contributed by atoms with Crippen molar-refractivity contribution in [2.75, 3.05) is 12.0 Å². The SMILES string of the molecule is CC(C)Cc1cc(S(C)(=O)=O)ccc1N. The fourth-order valence-corrected chi connectivity index (χ4v) is 2.10. The Bertz CT molecular complexity index is 450. The zero-order chi connectivity index (χ0) is 11.6. The van der Waals surface area contributed by atoms with Gasteiger partial charge in [-0.15, -0.1) is 0 Å². The summed E-state index contributed by atoms with van der Waals surface area (Å²) in [7, 11) is -3.13. The van der Waals surface area contributed by atoms with Crippen molar-refractivity contribution in [2.24, 2.45) is 5.92 Å². The van der Waals surface area contributed by atoms with Gasteiger partial charge in [0.15, 0.2) is 9.84 Å². The molecule has 0 bridgehead atoms. The molecule has 0 fully saturated rings. The molecule has 1 aromatic rings. The van der Waals surface area contributed by atoms with Crippen LogP contribution in [0.3, 0.4) is 0 Å². The first kappa shape index (κ1) is 12.0. The smallest absolute Gasteiger partial charge is 0.175 e. The molecule has 0 atom stereocenters. The van der Waals surface area contributed by atoms with E-state index in [9.17, 15) is 8.42 Å². The molecule has 84 valence electrons. The van der Waals surface area contributed by atoms with Crippen LogP contribution in [0.1, 0.15) is 19.4 Å². The van der Waals surface area contributed by atoms with Gasteiger partial charge in [0.25, 0.3) is 0 Å². The van der Waals surface area contributed by atoms with Crippen LogP contribution in [0, 0.1) is 5.92 Å². The normalized spacial score (nSPS) is 12.0. The number of rotatable bonds is 3. The molecule has 1 aromatic carbocycles. The summed E-state index contributed by atoms with van der Waals surface area (Å²) in [6.07, 6.45) is 2.01. The third kappa shape index (κ3) is 3.23. The standard InChI is InChI=1S/C11H17NO2S/c1-8(2)6-9-7-10(15(3,13)14)4-5-11(9)12/h4-5,7-8H,6,12H2,1-3H3. The number of nitrogens with two attached hydrogens (primary N) is 1. The molecule has 0 amide bonds. The lowest BCUT2D eigenvalue weighted by atomic mass is 10.0. The zero-order valence-corrected chi connectivity index (χ0v) is 10.1. The lowest BCUT2D eigenvalue weighted by Gasteiger charge is -2.09. The van der Waals surface area contributed by atoms with E-state index in [-0.39, 0.29) is 0 Å². The molecular weight excluding hydrogens is 210 g/mol. The highest BCUT2D eigenvalue weighted by atomic mass is 32.2. The van der Waals surface area contributed by atoms with Crippen LogP contribution in [0.5, 0.6) is 0 Å². The second-order valence-corrected chi connectivity index (χ2v) is 6.25. The quantitative estimate of drug-likeness (QED) is 0.802. The molecule has 0 unspecified atom stereocenters. The van der Waals surface area contributed by atoms with Gasteiger partial charge in [0.1, 0.15) is 0 Å². The molecule has 0 heterocycles. The average molecular weight is 227 g/mol. The van der Waals surface area contributed by atoms with E-state index >= 15 is 0 Å². The molecule has 2 N–H and O–H groups in total. The number of hydrogen-bond donors (Lipinski definition) is 1. The van der Waals surface area contributed by atoms with E-state index in [1.807, 2.05) is 0 Å². The summed E-state index contributed by atoms with van der Waals surface area (Å²) >= 11 is 0. The van der Waals surface area contributed by atoms with E-state index in [1.165, 1.54) is 6.26 Å². The van der Waals surface area contributed by atoms with Crippen molar-refractivity contribution in [3.63, 3.8) is 0 Å². The van der Waals surface area contributed by atoms with Crippen molar-refractivity contribution < 1.29 is 8.42 Å². The first-order valence-electron chi connectivity index (χ1n) is 4.89. The molecule has 0 aliphatic heterocycles. The van der Waals surface area contributed by atoms with E-state index in [4.69, 9.17) is 5.73 Å². The Hall–Kier alpha value is -1.03. The van der Waals surface area contributed by atoms with Gasteiger partial charge < -0.3 is 5.73 Å². The topological polar surface area (TPSA) is 60.2 Å². The van der Waals surface area contributed by atoms with Gasteiger partial charge in [0, 0.05) is 11.9 Å². The lowest BCUT2D eigenvalue weighted by Crippen LogP contribution is -2.03. The van der Waals surface area contributed by atoms with Gasteiger partial charge in [-0.2, -0.15) is 0 Å². The average Bonchev–Trinajstić information content (AvgIpc) is 2.06. The van der Waals surface area contributed by atoms with Crippen LogP contribution < -0.4 is 5.73 Å². The van der Waals surface area contributed by atoms with Crippen molar-refractivity contribution in [3.05, 3.63) is 23.8 Å². The predicted molar refractivity (Wildman–Crippen MR) is 62.5 cm³/mol. The maximum atomic E-state index is 11.3. The molecule has 0 radical (unpaired) electrons. The number of anilines is 1. The molecule has 0 aliphatic carbocycles. The van der Waals surface area contributed by atoms with Gasteiger partial charge >= 0.3 is 0 Å². The van der Waals surface area contributed by atoms with Crippen LogP contribution >= 0.6 is 0 Å². The Labute approximate surface area is 91.2 Å². The van der Waals surface area contributed by atoms with E-state index in [0.717, 1.165) is 12.0 Å². The van der Waals surface area contributed by atoms with E-state index in [1.54, 1.807) is 18.2 Å². The molecule has 0 spiro atoms. The van der Waals surface area contributed by atoms with Gasteiger partial charge in [-0.3, -0.25) is 0 Å². The van der Waals surface area contributed by atoms with Gasteiger partial charge in [-0.05, 0) is 36.1 Å². The van der Waals surface area contributed by atoms with Crippen molar-refractivity contribution in [1.82, 2.24) is 0 Å². The molecule has 0 saturated carbocycles. The van der Waals surface area contributed by atoms with Gasteiger partial charge in [-0.1, -0.05) is 13.8 Å². The molecular formula is C11H17NO2S. The van der Waals surface area contributed by atoms with Crippen molar-refractivity contribution in [3.8, 4) is 0 Å². The minimum Gasteiger partial charge on any atom is -0.399 e. The van der Waals surface area contributed by atoms with Crippen LogP contribution in [0.4, 0.5) is 5.69 Å². The number of sulfone groups is 1. The van der Waals surface area contributed by atoms with Crippen LogP contribution in [-0.4, -0.2) is 14.7 Å². The van der Waals surface area contributed by atoms with E-state index < -0.39 is 9.84 Å². The Balaban J connectivity index is 3.17. The Morgan fingerprint density at radius 3 is 2.40 bits per heavy atom. The van der Waals surface area contributed by atoms with Gasteiger partial charge in [-0.25, -0.2) is 8.42 Å². The fourth-order valence-electron chi connectivity index (χ4n) is 1.43. The summed E-state index contributed by atoms with van der Waals surface area (Å²) in [6.45, 7) is 4.15. The summed E-state index contributed by atoms with van der Waals surface area (Å²) in [6, 6.07) is 4.88. The van der Waals surface area contributed by atoms with Crippen LogP contribution in [0.2, 0.25) is 0 Å². The molecule has 0 saturated heterocycles. The lowest BCUT2D eigenvalue weighted by molar-refractivity contribution is 0.601. The highest BCUT2D eigenvalue weighted by Gasteiger charge is 2.10. The van der Waals surface area contributed by atoms with E-state index in [0.29, 0.717) is 16.5 Å². The minimum atomic E-state index is -3.13. The Kier molecular flexibility index (Phi) is 3.39. The van der Waals surface area contributed by atoms with Crippen LogP contribution in [-0.2, 0) is 16.3 Å². The third-order valence-corrected chi connectivity index (χ3v) is 3.28. The van der Waals surface area contributed by atoms with Crippen molar-refractivity contribution in [2.45, 2.75) is 25.2 Å². The number of hydrogen-bond acceptors (Lipinski definition) is 3. The molecule has 15 heavy (non-hydrogen) atoms. The predicted octanol–water partition coefficient (Wildman–Crippen LogP) is 1.87. The largest absolute Gasteiger partial charge is 0.399 e. The molecule has 0 aromatic heterocycles. The molecule has 1 rings (SSSR count). The maximum absolute atomic E-state index is 11.3. The first-order valence-corrected chi connectivity index (χ1v) is 6.78. The van der Waals surface area contributed by atoms with Gasteiger partial charge in [0.2, 0.25) is 0 Å². The maximum Gasteiger partial charge on any atom is 0.175 e. The fraction of sp³-hybridized carbons (Fsp3) is 0.455. The summed E-state index contributed by atoms with van der Waals surface area (Å²) in [5, 5.41) is 0. The molecule has 3 nitrogen and oxygen atoms in total. The number of nitrogen functional groups attached to an aromatic ring is 1. The number of benzene rings is 1. The highest BCUT2D eigenvalue weighted by molar-refractivity contribution is 7.90. The summed E-state index contributed by atoms with van der Waals surface area (Å²) in [5.41, 5.74) is 7.36. The highest BCUT2D eigenvalue weighted by Crippen LogP contribution is 2.20. The zero-order valence-electron chi connectivity index (χ0n) is 9.32. The van der Waals surface area contributed by atoms with Gasteiger partial charge in [0.05, 0.1) is 4.90 Å². The second-order valence-electron chi connectivity index (χ2n) is 4.23. The minimum absolute atomic E-state index is 0.340. The van der Waals surface area contributed by atoms with E-state index in [2.05, 4.69) is 13.8 Å². The summed E-state index contributed by atoms with van der Waals surface area (Å²) < 4.78 is 22.7.